The molecule has 0 aliphatic carbocycles. The lowest BCUT2D eigenvalue weighted by Crippen LogP contribution is -2.29. The molecule has 0 unspecified atom stereocenters. The van der Waals surface area contributed by atoms with Crippen LogP contribution in [0.3, 0.4) is 0 Å². The summed E-state index contributed by atoms with van der Waals surface area (Å²) >= 11 is 12.2. The number of rotatable bonds is 1. The van der Waals surface area contributed by atoms with Crippen LogP contribution in [-0.2, 0) is 4.74 Å². The van der Waals surface area contributed by atoms with Gasteiger partial charge in [-0.25, -0.2) is 0 Å². The Labute approximate surface area is 112 Å². The average Bonchev–Trinajstić information content (AvgIpc) is 2.67. The van der Waals surface area contributed by atoms with Gasteiger partial charge in [0, 0.05) is 10.1 Å². The molecule has 3 nitrogen and oxygen atoms in total. The highest BCUT2D eigenvalue weighted by atomic mass is 35.5. The lowest BCUT2D eigenvalue weighted by molar-refractivity contribution is 0.0974. The van der Waals surface area contributed by atoms with Crippen LogP contribution in [0.5, 0.6) is 0 Å². The lowest BCUT2D eigenvalue weighted by atomic mass is 10.2. The highest BCUT2D eigenvalue weighted by molar-refractivity contribution is 7.80. The second kappa shape index (κ2) is 5.00. The summed E-state index contributed by atoms with van der Waals surface area (Å²) in [4.78, 5) is 12.3. The van der Waals surface area contributed by atoms with Crippen LogP contribution in [0.4, 0.5) is 0 Å². The molecule has 0 spiro atoms. The Morgan fingerprint density at radius 1 is 1.47 bits per heavy atom. The van der Waals surface area contributed by atoms with Gasteiger partial charge in [-0.3, -0.25) is 10.1 Å². The molecule has 1 heterocycles. The fourth-order valence-electron chi connectivity index (χ4n) is 1.36. The van der Waals surface area contributed by atoms with E-state index in [1.165, 1.54) is 18.4 Å². The van der Waals surface area contributed by atoms with E-state index in [-0.39, 0.29) is 11.1 Å². The summed E-state index contributed by atoms with van der Waals surface area (Å²) in [5.74, 6) is -0.344. The third-order valence-electron chi connectivity index (χ3n) is 2.14. The number of hydrogen-bond acceptors (Lipinski definition) is 4. The van der Waals surface area contributed by atoms with Crippen LogP contribution in [0.15, 0.2) is 24.3 Å². The smallest absolute Gasteiger partial charge is 0.270 e. The van der Waals surface area contributed by atoms with E-state index in [0.717, 1.165) is 10.1 Å². The number of carbonyl (C=O) groups is 1. The molecule has 1 amide bonds. The normalized spacial score (nSPS) is 10.2. The molecule has 0 aliphatic heterocycles. The van der Waals surface area contributed by atoms with Gasteiger partial charge in [0.15, 0.2) is 0 Å². The Hall–Kier alpha value is -1.17. The molecule has 0 atom stereocenters. The van der Waals surface area contributed by atoms with E-state index < -0.39 is 0 Å². The number of thiocarbonyl (C=S) groups is 1. The van der Waals surface area contributed by atoms with E-state index in [2.05, 4.69) is 5.32 Å². The Bertz CT molecular complexity index is 594. The van der Waals surface area contributed by atoms with Gasteiger partial charge in [-0.15, -0.1) is 11.3 Å². The first kappa shape index (κ1) is 12.3. The van der Waals surface area contributed by atoms with E-state index in [1.807, 2.05) is 24.3 Å². The molecule has 0 saturated heterocycles. The third kappa shape index (κ3) is 2.41. The summed E-state index contributed by atoms with van der Waals surface area (Å²) in [5.41, 5.74) is 0. The van der Waals surface area contributed by atoms with Crippen LogP contribution in [0.2, 0.25) is 5.02 Å². The monoisotopic (exact) mass is 285 g/mol. The number of nitrogens with one attached hydrogen (secondary N) is 1. The van der Waals surface area contributed by atoms with Crippen molar-refractivity contribution in [1.29, 1.82) is 0 Å². The van der Waals surface area contributed by atoms with Crippen LogP contribution in [-0.4, -0.2) is 18.2 Å². The van der Waals surface area contributed by atoms with Crippen LogP contribution in [0, 0.1) is 0 Å². The minimum atomic E-state index is -0.344. The van der Waals surface area contributed by atoms with Gasteiger partial charge in [-0.2, -0.15) is 0 Å². The van der Waals surface area contributed by atoms with E-state index in [9.17, 15) is 4.79 Å². The highest BCUT2D eigenvalue weighted by Gasteiger charge is 2.17. The minimum Gasteiger partial charge on any atom is -0.474 e. The molecular weight excluding hydrogens is 278 g/mol. The van der Waals surface area contributed by atoms with Crippen molar-refractivity contribution in [2.45, 2.75) is 0 Å². The van der Waals surface area contributed by atoms with Gasteiger partial charge in [-0.05, 0) is 18.3 Å². The van der Waals surface area contributed by atoms with Crippen LogP contribution >= 0.6 is 35.2 Å². The fraction of sp³-hybridized carbons (Fsp3) is 0.0909. The second-order valence-electron chi connectivity index (χ2n) is 3.19. The van der Waals surface area contributed by atoms with Crippen molar-refractivity contribution >= 4 is 56.3 Å². The van der Waals surface area contributed by atoms with E-state index in [0.29, 0.717) is 9.90 Å². The number of hydrogen-bond donors (Lipinski definition) is 1. The average molecular weight is 286 g/mol. The van der Waals surface area contributed by atoms with Crippen molar-refractivity contribution in [3.63, 3.8) is 0 Å². The molecule has 0 saturated carbocycles. The largest absolute Gasteiger partial charge is 0.474 e. The maximum Gasteiger partial charge on any atom is 0.270 e. The quantitative estimate of drug-likeness (QED) is 0.818. The summed E-state index contributed by atoms with van der Waals surface area (Å²) < 4.78 is 5.68. The number of thiophene rings is 1. The molecule has 2 rings (SSSR count). The zero-order chi connectivity index (χ0) is 12.4. The van der Waals surface area contributed by atoms with Gasteiger partial charge in [0.05, 0.1) is 12.1 Å². The number of fused-ring (bicyclic) bond motifs is 1. The highest BCUT2D eigenvalue weighted by Crippen LogP contribution is 2.34. The minimum absolute atomic E-state index is 0.0310. The third-order valence-corrected chi connectivity index (χ3v) is 4.09. The molecule has 17 heavy (non-hydrogen) atoms. The number of ether oxygens (including phenoxy) is 1. The zero-order valence-electron chi connectivity index (χ0n) is 8.82. The van der Waals surface area contributed by atoms with Crippen LogP contribution in [0.1, 0.15) is 9.67 Å². The second-order valence-corrected chi connectivity index (χ2v) is 4.99. The maximum atomic E-state index is 11.9. The molecule has 2 aromatic rings. The van der Waals surface area contributed by atoms with E-state index in [4.69, 9.17) is 28.6 Å². The topological polar surface area (TPSA) is 38.3 Å². The molecule has 0 fully saturated rings. The van der Waals surface area contributed by atoms with Crippen LogP contribution < -0.4 is 5.32 Å². The molecule has 1 aromatic carbocycles. The zero-order valence-corrected chi connectivity index (χ0v) is 11.2. The number of carbonyl (C=O) groups excluding carboxylic acids is 1. The van der Waals surface area contributed by atoms with Crippen molar-refractivity contribution in [2.24, 2.45) is 0 Å². The predicted octanol–water partition coefficient (Wildman–Crippen LogP) is 3.22. The number of methoxy groups -OCH3 is 1. The van der Waals surface area contributed by atoms with Crippen molar-refractivity contribution in [3.8, 4) is 0 Å². The molecule has 1 aromatic heterocycles. The first-order valence-corrected chi connectivity index (χ1v) is 6.30. The SMILES string of the molecule is COC(=S)NC(=O)c1sc2ccccc2c1Cl. The molecule has 6 heteroatoms. The van der Waals surface area contributed by atoms with Crippen molar-refractivity contribution in [1.82, 2.24) is 5.32 Å². The van der Waals surface area contributed by atoms with Crippen molar-refractivity contribution in [2.75, 3.05) is 7.11 Å². The van der Waals surface area contributed by atoms with Gasteiger partial charge in [0.2, 0.25) is 0 Å². The Kier molecular flexibility index (Phi) is 3.61. The summed E-state index contributed by atoms with van der Waals surface area (Å²) in [5, 5.41) is 3.79. The summed E-state index contributed by atoms with van der Waals surface area (Å²) in [6.45, 7) is 0. The van der Waals surface area contributed by atoms with E-state index in [1.54, 1.807) is 0 Å². The summed E-state index contributed by atoms with van der Waals surface area (Å²) in [6.07, 6.45) is 0. The standard InChI is InChI=1S/C11H8ClNO2S2/c1-15-11(16)13-10(14)9-8(12)6-4-2-3-5-7(6)17-9/h2-5H,1H3,(H,13,14,16). The molecule has 0 aliphatic rings. The summed E-state index contributed by atoms with van der Waals surface area (Å²) in [7, 11) is 1.40. The van der Waals surface area contributed by atoms with Gasteiger partial charge in [0.1, 0.15) is 4.88 Å². The Balaban J connectivity index is 2.39. The van der Waals surface area contributed by atoms with Crippen molar-refractivity contribution in [3.05, 3.63) is 34.2 Å². The van der Waals surface area contributed by atoms with Gasteiger partial charge in [-0.1, -0.05) is 29.8 Å². The van der Waals surface area contributed by atoms with Crippen molar-refractivity contribution < 1.29 is 9.53 Å². The summed E-state index contributed by atoms with van der Waals surface area (Å²) in [6, 6.07) is 7.57. The van der Waals surface area contributed by atoms with Gasteiger partial charge in [0.25, 0.3) is 11.1 Å². The van der Waals surface area contributed by atoms with E-state index >= 15 is 0 Å². The Morgan fingerprint density at radius 3 is 2.82 bits per heavy atom. The first-order valence-electron chi connectivity index (χ1n) is 4.70. The molecule has 88 valence electrons. The number of amides is 1. The van der Waals surface area contributed by atoms with Gasteiger partial charge >= 0.3 is 0 Å². The first-order chi connectivity index (χ1) is 8.13. The molecule has 1 N–H and O–H groups in total. The molecular formula is C11H8ClNO2S2. The maximum absolute atomic E-state index is 11.9. The molecule has 0 radical (unpaired) electrons. The Morgan fingerprint density at radius 2 is 2.18 bits per heavy atom. The number of halogens is 1. The lowest BCUT2D eigenvalue weighted by Gasteiger charge is -2.02. The van der Waals surface area contributed by atoms with Crippen LogP contribution in [0.25, 0.3) is 10.1 Å². The van der Waals surface area contributed by atoms with Gasteiger partial charge < -0.3 is 4.74 Å². The molecule has 0 bridgehead atoms. The number of benzene rings is 1. The predicted molar refractivity (Wildman–Crippen MR) is 73.9 cm³/mol. The fourth-order valence-corrected chi connectivity index (χ4v) is 2.87.